The lowest BCUT2D eigenvalue weighted by molar-refractivity contribution is 0.102. The molecule has 1 amide bonds. The van der Waals surface area contributed by atoms with Gasteiger partial charge in [-0.1, -0.05) is 35.4 Å². The molecule has 29 heavy (non-hydrogen) atoms. The van der Waals surface area contributed by atoms with Gasteiger partial charge in [0, 0.05) is 5.39 Å². The lowest BCUT2D eigenvalue weighted by Gasteiger charge is -2.05. The Kier molecular flexibility index (Phi) is 4.02. The molecule has 0 aliphatic rings. The van der Waals surface area contributed by atoms with Gasteiger partial charge < -0.3 is 13.3 Å². The van der Waals surface area contributed by atoms with Gasteiger partial charge in [0.15, 0.2) is 10.4 Å². The maximum atomic E-state index is 12.6. The summed E-state index contributed by atoms with van der Waals surface area (Å²) >= 11 is 3.18. The first-order valence-electron chi connectivity index (χ1n) is 8.45. The van der Waals surface area contributed by atoms with Crippen molar-refractivity contribution in [1.29, 1.82) is 0 Å². The number of aromatic nitrogens is 2. The van der Waals surface area contributed by atoms with Crippen molar-refractivity contribution in [2.75, 3.05) is 5.32 Å². The van der Waals surface area contributed by atoms with Crippen LogP contribution >= 0.6 is 15.9 Å². The van der Waals surface area contributed by atoms with Crippen molar-refractivity contribution in [1.82, 2.24) is 10.2 Å². The van der Waals surface area contributed by atoms with E-state index in [9.17, 15) is 9.59 Å². The fourth-order valence-corrected chi connectivity index (χ4v) is 3.30. The van der Waals surface area contributed by atoms with Crippen molar-refractivity contribution in [2.24, 2.45) is 0 Å². The summed E-state index contributed by atoms with van der Waals surface area (Å²) in [6.45, 7) is 0. The van der Waals surface area contributed by atoms with Gasteiger partial charge in [-0.15, -0.1) is 5.10 Å². The van der Waals surface area contributed by atoms with Gasteiger partial charge in [-0.25, -0.2) is 4.79 Å². The fourth-order valence-electron chi connectivity index (χ4n) is 3.00. The summed E-state index contributed by atoms with van der Waals surface area (Å²) in [7, 11) is 0. The Bertz CT molecular complexity index is 1450. The van der Waals surface area contributed by atoms with Gasteiger partial charge in [0.1, 0.15) is 11.1 Å². The number of anilines is 1. The highest BCUT2D eigenvalue weighted by atomic mass is 79.9. The normalized spacial score (nSPS) is 11.2. The number of carbonyl (C=O) groups is 1. The number of nitrogens with one attached hydrogen (secondary N) is 1. The van der Waals surface area contributed by atoms with E-state index in [1.807, 2.05) is 30.3 Å². The van der Waals surface area contributed by atoms with Gasteiger partial charge in [-0.3, -0.25) is 10.1 Å². The third-order valence-corrected chi connectivity index (χ3v) is 4.74. The minimum Gasteiger partial charge on any atom is -0.444 e. The van der Waals surface area contributed by atoms with Crippen LogP contribution in [0.15, 0.2) is 77.3 Å². The number of amides is 1. The highest BCUT2D eigenvalue weighted by Crippen LogP contribution is 2.26. The molecule has 0 saturated carbocycles. The van der Waals surface area contributed by atoms with E-state index in [-0.39, 0.29) is 17.5 Å². The zero-order chi connectivity index (χ0) is 20.0. The summed E-state index contributed by atoms with van der Waals surface area (Å²) in [5.41, 5.74) is -0.539. The molecule has 9 heteroatoms. The minimum absolute atomic E-state index is 0.0857. The molecule has 0 spiro atoms. The van der Waals surface area contributed by atoms with Crippen LogP contribution in [-0.4, -0.2) is 16.1 Å². The Hall–Kier alpha value is -3.72. The quantitative estimate of drug-likeness (QED) is 0.315. The molecule has 0 unspecified atom stereocenters. The maximum Gasteiger partial charge on any atom is 0.349 e. The van der Waals surface area contributed by atoms with Gasteiger partial charge in [0.05, 0.1) is 0 Å². The van der Waals surface area contributed by atoms with Crippen LogP contribution in [0.2, 0.25) is 0 Å². The van der Waals surface area contributed by atoms with Gasteiger partial charge in [0.25, 0.3) is 11.8 Å². The zero-order valence-corrected chi connectivity index (χ0v) is 16.1. The first kappa shape index (κ1) is 17.4. The lowest BCUT2D eigenvalue weighted by Crippen LogP contribution is -2.20. The largest absolute Gasteiger partial charge is 0.444 e. The summed E-state index contributed by atoms with van der Waals surface area (Å²) in [6, 6.07) is 15.8. The lowest BCUT2D eigenvalue weighted by atomic mass is 10.0. The topological polar surface area (TPSA) is 111 Å². The maximum absolute atomic E-state index is 12.6. The summed E-state index contributed by atoms with van der Waals surface area (Å²) < 4.78 is 16.5. The van der Waals surface area contributed by atoms with Crippen LogP contribution in [0.5, 0.6) is 0 Å². The third kappa shape index (κ3) is 3.11. The van der Waals surface area contributed by atoms with Crippen LogP contribution < -0.4 is 10.9 Å². The minimum atomic E-state index is -0.764. The molecule has 0 aliphatic carbocycles. The molecule has 3 heterocycles. The average Bonchev–Trinajstić information content (AvgIpc) is 3.36. The Morgan fingerprint density at radius 1 is 0.931 bits per heavy atom. The van der Waals surface area contributed by atoms with Crippen molar-refractivity contribution in [3.8, 4) is 11.7 Å². The number of hydrogen-bond donors (Lipinski definition) is 1. The second kappa shape index (κ2) is 6.71. The predicted molar refractivity (Wildman–Crippen MR) is 108 cm³/mol. The Balaban J connectivity index is 1.51. The molecule has 0 aliphatic heterocycles. The standard InChI is InChI=1S/C20H10BrN3O5/c21-16-8-7-15(27-16)18-23-24-20(29-18)22-17(25)13-9-12-11-4-2-1-3-10(11)5-6-14(12)28-19(13)26/h1-9H,(H,22,24,25). The van der Waals surface area contributed by atoms with E-state index in [1.54, 1.807) is 18.2 Å². The van der Waals surface area contributed by atoms with Crippen molar-refractivity contribution in [3.05, 3.63) is 75.3 Å². The Morgan fingerprint density at radius 2 is 1.79 bits per heavy atom. The van der Waals surface area contributed by atoms with Crippen LogP contribution in [-0.2, 0) is 0 Å². The molecule has 0 radical (unpaired) electrons. The second-order valence-corrected chi connectivity index (χ2v) is 6.90. The fraction of sp³-hybridized carbons (Fsp3) is 0. The van der Waals surface area contributed by atoms with E-state index in [4.69, 9.17) is 13.3 Å². The summed E-state index contributed by atoms with van der Waals surface area (Å²) in [4.78, 5) is 25.0. The number of hydrogen-bond acceptors (Lipinski definition) is 7. The Morgan fingerprint density at radius 3 is 2.62 bits per heavy atom. The van der Waals surface area contributed by atoms with Crippen LogP contribution in [0.25, 0.3) is 33.4 Å². The highest BCUT2D eigenvalue weighted by Gasteiger charge is 2.19. The van der Waals surface area contributed by atoms with E-state index < -0.39 is 11.5 Å². The molecule has 5 aromatic rings. The molecular weight excluding hydrogens is 442 g/mol. The van der Waals surface area contributed by atoms with E-state index in [1.165, 1.54) is 6.07 Å². The average molecular weight is 452 g/mol. The monoisotopic (exact) mass is 451 g/mol. The number of furan rings is 1. The molecule has 0 atom stereocenters. The van der Waals surface area contributed by atoms with Crippen LogP contribution in [0.3, 0.4) is 0 Å². The van der Waals surface area contributed by atoms with Crippen molar-refractivity contribution in [3.63, 3.8) is 0 Å². The number of halogens is 1. The first-order valence-corrected chi connectivity index (χ1v) is 9.24. The number of carbonyl (C=O) groups excluding carboxylic acids is 1. The molecule has 1 N–H and O–H groups in total. The van der Waals surface area contributed by atoms with Gasteiger partial charge >= 0.3 is 11.6 Å². The van der Waals surface area contributed by atoms with E-state index in [0.717, 1.165) is 10.8 Å². The number of fused-ring (bicyclic) bond motifs is 3. The third-order valence-electron chi connectivity index (χ3n) is 4.32. The smallest absolute Gasteiger partial charge is 0.349 e. The van der Waals surface area contributed by atoms with Crippen molar-refractivity contribution >= 4 is 49.6 Å². The predicted octanol–water partition coefficient (Wildman–Crippen LogP) is 4.60. The zero-order valence-electron chi connectivity index (χ0n) is 14.5. The summed E-state index contributed by atoms with van der Waals surface area (Å²) in [5, 5.41) is 12.5. The number of benzene rings is 2. The van der Waals surface area contributed by atoms with Crippen LogP contribution in [0, 0.1) is 0 Å². The molecule has 0 saturated heterocycles. The molecular formula is C20H10BrN3O5. The molecule has 0 fully saturated rings. The van der Waals surface area contributed by atoms with Crippen LogP contribution in [0.4, 0.5) is 6.01 Å². The molecule has 0 bridgehead atoms. The van der Waals surface area contributed by atoms with Gasteiger partial charge in [-0.05, 0) is 51.0 Å². The number of rotatable bonds is 3. The second-order valence-electron chi connectivity index (χ2n) is 6.12. The first-order chi connectivity index (χ1) is 14.1. The van der Waals surface area contributed by atoms with Crippen LogP contribution in [0.1, 0.15) is 10.4 Å². The van der Waals surface area contributed by atoms with Crippen molar-refractivity contribution in [2.45, 2.75) is 0 Å². The summed E-state index contributed by atoms with van der Waals surface area (Å²) in [6.07, 6.45) is 0. The van der Waals surface area contributed by atoms with Crippen molar-refractivity contribution < 1.29 is 18.0 Å². The molecule has 8 nitrogen and oxygen atoms in total. The summed E-state index contributed by atoms with van der Waals surface area (Å²) in [5.74, 6) is -0.298. The number of nitrogens with zero attached hydrogens (tertiary/aromatic N) is 2. The molecule has 3 aromatic heterocycles. The SMILES string of the molecule is O=C(Nc1nnc(-c2ccc(Br)o2)o1)c1cc2c(ccc3ccccc32)oc1=O. The molecule has 2 aromatic carbocycles. The van der Waals surface area contributed by atoms with Gasteiger partial charge in [0.2, 0.25) is 0 Å². The molecule has 142 valence electrons. The highest BCUT2D eigenvalue weighted by molar-refractivity contribution is 9.10. The van der Waals surface area contributed by atoms with E-state index in [2.05, 4.69) is 31.4 Å². The molecule has 5 rings (SSSR count). The van der Waals surface area contributed by atoms with E-state index >= 15 is 0 Å². The van der Waals surface area contributed by atoms with E-state index in [0.29, 0.717) is 21.4 Å². The van der Waals surface area contributed by atoms with Gasteiger partial charge in [-0.2, -0.15) is 0 Å². The Labute approximate surface area is 170 Å².